The second-order valence-corrected chi connectivity index (χ2v) is 7.70. The third-order valence-corrected chi connectivity index (χ3v) is 5.63. The van der Waals surface area contributed by atoms with Gasteiger partial charge in [0.25, 0.3) is 0 Å². The zero-order chi connectivity index (χ0) is 16.3. The molecule has 0 spiro atoms. The molecule has 0 aliphatic heterocycles. The van der Waals surface area contributed by atoms with Crippen molar-refractivity contribution >= 4 is 21.4 Å². The summed E-state index contributed by atoms with van der Waals surface area (Å²) in [4.78, 5) is 4.46. The molecule has 1 N–H and O–H groups in total. The molecule has 2 heterocycles. The van der Waals surface area contributed by atoms with Gasteiger partial charge in [-0.25, -0.2) is 22.8 Å². The van der Waals surface area contributed by atoms with Gasteiger partial charge in [0.1, 0.15) is 4.90 Å². The number of rotatable bonds is 6. The van der Waals surface area contributed by atoms with Gasteiger partial charge < -0.3 is 0 Å². The van der Waals surface area contributed by atoms with Crippen LogP contribution in [0.15, 0.2) is 53.0 Å². The van der Waals surface area contributed by atoms with E-state index in [0.717, 1.165) is 16.4 Å². The molecule has 3 rings (SSSR count). The average molecular weight is 348 g/mol. The van der Waals surface area contributed by atoms with E-state index in [1.807, 2.05) is 42.6 Å². The highest BCUT2D eigenvalue weighted by Gasteiger charge is 2.16. The van der Waals surface area contributed by atoms with Crippen LogP contribution in [0.3, 0.4) is 0 Å². The van der Waals surface area contributed by atoms with E-state index in [4.69, 9.17) is 0 Å². The molecule has 2 aromatic heterocycles. The van der Waals surface area contributed by atoms with Crippen molar-refractivity contribution in [2.75, 3.05) is 6.54 Å². The number of para-hydroxylation sites is 1. The van der Waals surface area contributed by atoms with E-state index in [9.17, 15) is 8.42 Å². The minimum atomic E-state index is -3.57. The highest BCUT2D eigenvalue weighted by Crippen LogP contribution is 2.13. The van der Waals surface area contributed by atoms with Gasteiger partial charge in [-0.15, -0.1) is 11.3 Å². The Bertz CT molecular complexity index is 885. The largest absolute Gasteiger partial charge is 0.247 e. The van der Waals surface area contributed by atoms with Crippen LogP contribution in [-0.4, -0.2) is 29.7 Å². The molecule has 3 aromatic rings. The smallest absolute Gasteiger partial charge is 0.243 e. The average Bonchev–Trinajstić information content (AvgIpc) is 3.18. The molecule has 8 heteroatoms. The van der Waals surface area contributed by atoms with Gasteiger partial charge in [0.15, 0.2) is 0 Å². The van der Waals surface area contributed by atoms with Gasteiger partial charge in [-0.3, -0.25) is 0 Å². The minimum Gasteiger partial charge on any atom is -0.247 e. The summed E-state index contributed by atoms with van der Waals surface area (Å²) >= 11 is 1.53. The van der Waals surface area contributed by atoms with E-state index in [2.05, 4.69) is 14.8 Å². The van der Waals surface area contributed by atoms with E-state index in [1.54, 1.807) is 4.68 Å². The molecule has 0 fully saturated rings. The molecule has 0 saturated heterocycles. The predicted molar refractivity (Wildman–Crippen MR) is 89.3 cm³/mol. The van der Waals surface area contributed by atoms with Crippen LogP contribution in [0.5, 0.6) is 0 Å². The van der Waals surface area contributed by atoms with Crippen LogP contribution in [0, 0.1) is 6.92 Å². The van der Waals surface area contributed by atoms with Gasteiger partial charge in [0.2, 0.25) is 10.0 Å². The predicted octanol–water partition coefficient (Wildman–Crippen LogP) is 2.16. The Morgan fingerprint density at radius 1 is 1.26 bits per heavy atom. The lowest BCUT2D eigenvalue weighted by Gasteiger charge is -2.03. The van der Waals surface area contributed by atoms with Crippen LogP contribution >= 0.6 is 11.3 Å². The molecule has 0 aliphatic carbocycles. The van der Waals surface area contributed by atoms with E-state index in [-0.39, 0.29) is 4.90 Å². The van der Waals surface area contributed by atoms with Crippen LogP contribution in [0.25, 0.3) is 5.69 Å². The molecule has 6 nitrogen and oxygen atoms in total. The van der Waals surface area contributed by atoms with Crippen molar-refractivity contribution in [2.45, 2.75) is 18.2 Å². The zero-order valence-electron chi connectivity index (χ0n) is 12.5. The second-order valence-electron chi connectivity index (χ2n) is 4.99. The molecule has 0 amide bonds. The Morgan fingerprint density at radius 3 is 2.74 bits per heavy atom. The van der Waals surface area contributed by atoms with Crippen LogP contribution in [-0.2, 0) is 16.4 Å². The number of sulfonamides is 1. The highest BCUT2D eigenvalue weighted by molar-refractivity contribution is 7.89. The number of hydrogen-bond acceptors (Lipinski definition) is 5. The summed E-state index contributed by atoms with van der Waals surface area (Å²) in [6.45, 7) is 2.23. The van der Waals surface area contributed by atoms with Crippen molar-refractivity contribution in [3.8, 4) is 5.69 Å². The van der Waals surface area contributed by atoms with Crippen LogP contribution in [0.1, 0.15) is 10.7 Å². The topological polar surface area (TPSA) is 76.9 Å². The molecule has 1 aromatic carbocycles. The molecule has 0 aliphatic rings. The highest BCUT2D eigenvalue weighted by atomic mass is 32.2. The van der Waals surface area contributed by atoms with Crippen molar-refractivity contribution in [1.82, 2.24) is 19.5 Å². The zero-order valence-corrected chi connectivity index (χ0v) is 14.1. The number of thiazole rings is 1. The summed E-state index contributed by atoms with van der Waals surface area (Å²) in [6, 6.07) is 9.37. The summed E-state index contributed by atoms with van der Waals surface area (Å²) < 4.78 is 28.7. The van der Waals surface area contributed by atoms with Crippen molar-refractivity contribution < 1.29 is 8.42 Å². The van der Waals surface area contributed by atoms with Gasteiger partial charge in [0.05, 0.1) is 23.1 Å². The standard InChI is InChI=1S/C15H16N4O2S2/c1-12-11-22-15(18-12)7-8-17-23(20,21)14-9-16-19(10-14)13-5-3-2-4-6-13/h2-6,9-11,17H,7-8H2,1H3. The van der Waals surface area contributed by atoms with Crippen LogP contribution < -0.4 is 4.72 Å². The molecular weight excluding hydrogens is 332 g/mol. The van der Waals surface area contributed by atoms with Crippen molar-refractivity contribution in [2.24, 2.45) is 0 Å². The summed E-state index contributed by atoms with van der Waals surface area (Å²) in [6.07, 6.45) is 3.43. The summed E-state index contributed by atoms with van der Waals surface area (Å²) in [5.74, 6) is 0. The van der Waals surface area contributed by atoms with Gasteiger partial charge in [-0.1, -0.05) is 18.2 Å². The maximum atomic E-state index is 12.3. The molecular formula is C15H16N4O2S2. The lowest BCUT2D eigenvalue weighted by atomic mass is 10.3. The quantitative estimate of drug-likeness (QED) is 0.740. The number of nitrogens with one attached hydrogen (secondary N) is 1. The van der Waals surface area contributed by atoms with Gasteiger partial charge in [-0.2, -0.15) is 5.10 Å². The maximum absolute atomic E-state index is 12.3. The first-order valence-corrected chi connectivity index (χ1v) is 9.42. The van der Waals surface area contributed by atoms with Crippen LogP contribution in [0.4, 0.5) is 0 Å². The van der Waals surface area contributed by atoms with Gasteiger partial charge >= 0.3 is 0 Å². The Labute approximate surface area is 138 Å². The number of nitrogens with zero attached hydrogens (tertiary/aromatic N) is 3. The fourth-order valence-corrected chi connectivity index (χ4v) is 3.80. The summed E-state index contributed by atoms with van der Waals surface area (Å²) in [7, 11) is -3.57. The first-order chi connectivity index (χ1) is 11.0. The van der Waals surface area contributed by atoms with E-state index >= 15 is 0 Å². The van der Waals surface area contributed by atoms with E-state index in [1.165, 1.54) is 23.7 Å². The van der Waals surface area contributed by atoms with Crippen molar-refractivity contribution in [3.63, 3.8) is 0 Å². The molecule has 0 saturated carbocycles. The third-order valence-electron chi connectivity index (χ3n) is 3.19. The normalized spacial score (nSPS) is 11.7. The minimum absolute atomic E-state index is 0.150. The van der Waals surface area contributed by atoms with Crippen molar-refractivity contribution in [1.29, 1.82) is 0 Å². The Morgan fingerprint density at radius 2 is 2.04 bits per heavy atom. The maximum Gasteiger partial charge on any atom is 0.243 e. The fraction of sp³-hybridized carbons (Fsp3) is 0.200. The Kier molecular flexibility index (Phi) is 4.56. The molecule has 0 radical (unpaired) electrons. The lowest BCUT2D eigenvalue weighted by molar-refractivity contribution is 0.581. The molecule has 23 heavy (non-hydrogen) atoms. The third kappa shape index (κ3) is 3.84. The lowest BCUT2D eigenvalue weighted by Crippen LogP contribution is -2.25. The monoisotopic (exact) mass is 348 g/mol. The first kappa shape index (κ1) is 15.9. The number of aromatic nitrogens is 3. The number of hydrogen-bond donors (Lipinski definition) is 1. The number of aryl methyl sites for hydroxylation is 1. The summed E-state index contributed by atoms with van der Waals surface area (Å²) in [5, 5.41) is 6.98. The van der Waals surface area contributed by atoms with Crippen molar-refractivity contribution in [3.05, 3.63) is 58.8 Å². The Hall–Kier alpha value is -2.03. The second kappa shape index (κ2) is 6.61. The van der Waals surface area contributed by atoms with Crippen LogP contribution in [0.2, 0.25) is 0 Å². The molecule has 0 bridgehead atoms. The molecule has 0 atom stereocenters. The Balaban J connectivity index is 1.67. The van der Waals surface area contributed by atoms with E-state index in [0.29, 0.717) is 13.0 Å². The van der Waals surface area contributed by atoms with Gasteiger partial charge in [0, 0.05) is 24.0 Å². The van der Waals surface area contributed by atoms with E-state index < -0.39 is 10.0 Å². The SMILES string of the molecule is Cc1csc(CCNS(=O)(=O)c2cnn(-c3ccccc3)c2)n1. The molecule has 0 unspecified atom stereocenters. The summed E-state index contributed by atoms with van der Waals surface area (Å²) in [5.41, 5.74) is 1.77. The fourth-order valence-electron chi connectivity index (χ4n) is 2.06. The molecule has 120 valence electrons. The van der Waals surface area contributed by atoms with Gasteiger partial charge in [-0.05, 0) is 19.1 Å². The number of benzene rings is 1. The first-order valence-electron chi connectivity index (χ1n) is 7.05.